The summed E-state index contributed by atoms with van der Waals surface area (Å²) < 4.78 is 76.1. The molecule has 10 nitrogen and oxygen atoms in total. The van der Waals surface area contributed by atoms with Gasteiger partial charge in [0.15, 0.2) is 17.5 Å². The zero-order valence-corrected chi connectivity index (χ0v) is 26.2. The molecule has 2 aliphatic rings. The molecule has 1 amide bonds. The third-order valence-electron chi connectivity index (χ3n) is 8.35. The summed E-state index contributed by atoms with van der Waals surface area (Å²) in [7, 11) is 1.53. The Balaban J connectivity index is 1.64. The minimum Gasteiger partial charge on any atom is -0.394 e. The highest BCUT2D eigenvalue weighted by Crippen LogP contribution is 2.46. The molecular formula is C29H39F5N4O6S. The SMILES string of the molecule is CN(CCC(C)(C)C)C(=O)[C@@H](S[C@@H]1O[C@H](CO)[C@H](O)[C@H](n2cc(-c3cc(F)c(F)c(F)c3)nn2)[C@H]1O)C1(O)CCC(F)(F)CC1. The van der Waals surface area contributed by atoms with Crippen LogP contribution in [0.15, 0.2) is 18.3 Å². The molecule has 252 valence electrons. The topological polar surface area (TPSA) is 141 Å². The second-order valence-corrected chi connectivity index (χ2v) is 14.3. The van der Waals surface area contributed by atoms with Gasteiger partial charge in [0, 0.05) is 32.0 Å². The molecule has 2 fully saturated rings. The van der Waals surface area contributed by atoms with Gasteiger partial charge in [0.05, 0.1) is 18.4 Å². The fourth-order valence-corrected chi connectivity index (χ4v) is 7.01. The maximum Gasteiger partial charge on any atom is 0.248 e. The summed E-state index contributed by atoms with van der Waals surface area (Å²) >= 11 is 0.694. The average Bonchev–Trinajstić information content (AvgIpc) is 3.45. The first kappa shape index (κ1) is 35.5. The zero-order chi connectivity index (χ0) is 33.5. The average molecular weight is 667 g/mol. The Morgan fingerprint density at radius 2 is 1.73 bits per heavy atom. The zero-order valence-electron chi connectivity index (χ0n) is 25.3. The second-order valence-electron chi connectivity index (χ2n) is 13.1. The number of hydrogen-bond acceptors (Lipinski definition) is 9. The van der Waals surface area contributed by atoms with Crippen molar-refractivity contribution in [3.8, 4) is 11.3 Å². The van der Waals surface area contributed by atoms with Gasteiger partial charge in [-0.3, -0.25) is 4.79 Å². The number of aliphatic hydroxyl groups is 4. The van der Waals surface area contributed by atoms with Crippen LogP contribution in [-0.4, -0.2) is 107 Å². The van der Waals surface area contributed by atoms with Crippen molar-refractivity contribution in [1.82, 2.24) is 19.9 Å². The Morgan fingerprint density at radius 3 is 2.29 bits per heavy atom. The van der Waals surface area contributed by atoms with Crippen LogP contribution in [0.4, 0.5) is 22.0 Å². The van der Waals surface area contributed by atoms with E-state index in [0.29, 0.717) is 36.9 Å². The molecular weight excluding hydrogens is 627 g/mol. The molecule has 6 atom stereocenters. The summed E-state index contributed by atoms with van der Waals surface area (Å²) in [5.41, 5.74) is -3.73. The largest absolute Gasteiger partial charge is 0.394 e. The highest BCUT2D eigenvalue weighted by atomic mass is 32.2. The van der Waals surface area contributed by atoms with Gasteiger partial charge in [0.1, 0.15) is 40.7 Å². The number of rotatable bonds is 9. The molecule has 45 heavy (non-hydrogen) atoms. The standard InChI is InChI=1S/C29H39F5N4O6S/c1-27(2,3)9-10-37(4)25(42)24(28(43)5-7-29(33,34)8-6-28)45-26-23(41)21(22(40)19(14-39)44-26)38-13-18(35-36-38)15-11-16(30)20(32)17(31)12-15/h11-13,19,21-24,26,39-41,43H,5-10,14H2,1-4H3/t19-,21+,22+,23-,24-,26+/m1/s1. The molecule has 1 saturated carbocycles. The first-order valence-corrected chi connectivity index (χ1v) is 15.5. The number of hydrogen-bond donors (Lipinski definition) is 4. The number of aromatic nitrogens is 3. The Labute approximate surface area is 261 Å². The van der Waals surface area contributed by atoms with Crippen molar-refractivity contribution in [3.63, 3.8) is 0 Å². The minimum atomic E-state index is -3.01. The third-order valence-corrected chi connectivity index (χ3v) is 9.92. The van der Waals surface area contributed by atoms with Gasteiger partial charge in [-0.25, -0.2) is 26.6 Å². The molecule has 1 aliphatic heterocycles. The smallest absolute Gasteiger partial charge is 0.248 e. The molecule has 1 aliphatic carbocycles. The number of ether oxygens (including phenoxy) is 1. The van der Waals surface area contributed by atoms with Crippen LogP contribution in [0.2, 0.25) is 0 Å². The number of alkyl halides is 2. The molecule has 1 saturated heterocycles. The van der Waals surface area contributed by atoms with Crippen LogP contribution < -0.4 is 0 Å². The van der Waals surface area contributed by atoms with Gasteiger partial charge in [0.25, 0.3) is 0 Å². The summed E-state index contributed by atoms with van der Waals surface area (Å²) in [5, 5.41) is 50.4. The van der Waals surface area contributed by atoms with Gasteiger partial charge in [0.2, 0.25) is 11.8 Å². The number of benzene rings is 1. The summed E-state index contributed by atoms with van der Waals surface area (Å²) in [5.74, 6) is -8.20. The highest BCUT2D eigenvalue weighted by molar-refractivity contribution is 8.01. The van der Waals surface area contributed by atoms with E-state index in [9.17, 15) is 47.2 Å². The second kappa shape index (κ2) is 13.4. The summed E-state index contributed by atoms with van der Waals surface area (Å²) in [6.07, 6.45) is -4.96. The summed E-state index contributed by atoms with van der Waals surface area (Å²) in [6, 6.07) is 0.00327. The number of nitrogens with zero attached hydrogens (tertiary/aromatic N) is 4. The number of aliphatic hydroxyl groups excluding tert-OH is 3. The van der Waals surface area contributed by atoms with Crippen LogP contribution in [0.25, 0.3) is 11.3 Å². The van der Waals surface area contributed by atoms with Crippen LogP contribution in [0, 0.1) is 22.9 Å². The van der Waals surface area contributed by atoms with Gasteiger partial charge in [-0.1, -0.05) is 26.0 Å². The number of thioether (sulfide) groups is 1. The van der Waals surface area contributed by atoms with E-state index in [1.165, 1.54) is 11.9 Å². The van der Waals surface area contributed by atoms with E-state index in [-0.39, 0.29) is 16.7 Å². The molecule has 4 N–H and O–H groups in total. The molecule has 0 spiro atoms. The van der Waals surface area contributed by atoms with Crippen LogP contribution >= 0.6 is 11.8 Å². The van der Waals surface area contributed by atoms with Gasteiger partial charge in [-0.2, -0.15) is 0 Å². The fraction of sp³-hybridized carbons (Fsp3) is 0.690. The van der Waals surface area contributed by atoms with E-state index in [1.807, 2.05) is 20.8 Å². The maximum atomic E-state index is 14.1. The Bertz CT molecular complexity index is 1330. The quantitative estimate of drug-likeness (QED) is 0.235. The van der Waals surface area contributed by atoms with E-state index in [1.54, 1.807) is 0 Å². The lowest BCUT2D eigenvalue weighted by Gasteiger charge is -2.46. The molecule has 0 radical (unpaired) electrons. The molecule has 2 heterocycles. The van der Waals surface area contributed by atoms with Crippen LogP contribution in [0.5, 0.6) is 0 Å². The van der Waals surface area contributed by atoms with E-state index < -0.39 is 102 Å². The van der Waals surface area contributed by atoms with Gasteiger partial charge in [-0.15, -0.1) is 16.9 Å². The molecule has 0 unspecified atom stereocenters. The van der Waals surface area contributed by atoms with Gasteiger partial charge >= 0.3 is 0 Å². The molecule has 4 rings (SSSR count). The van der Waals surface area contributed by atoms with E-state index in [0.717, 1.165) is 10.9 Å². The number of carbonyl (C=O) groups is 1. The van der Waals surface area contributed by atoms with Crippen molar-refractivity contribution >= 4 is 17.7 Å². The van der Waals surface area contributed by atoms with Crippen LogP contribution in [0.3, 0.4) is 0 Å². The lowest BCUT2D eigenvalue weighted by Crippen LogP contribution is -2.58. The van der Waals surface area contributed by atoms with Crippen molar-refractivity contribution < 1.29 is 51.9 Å². The van der Waals surface area contributed by atoms with E-state index in [4.69, 9.17) is 4.74 Å². The number of halogens is 5. The summed E-state index contributed by atoms with van der Waals surface area (Å²) in [6.45, 7) is 5.52. The van der Waals surface area contributed by atoms with Crippen molar-refractivity contribution in [3.05, 3.63) is 35.8 Å². The Hall–Kier alpha value is -2.37. The van der Waals surface area contributed by atoms with Crippen molar-refractivity contribution in [2.75, 3.05) is 20.2 Å². The highest BCUT2D eigenvalue weighted by Gasteiger charge is 2.54. The lowest BCUT2D eigenvalue weighted by molar-refractivity contribution is -0.179. The predicted molar refractivity (Wildman–Crippen MR) is 154 cm³/mol. The van der Waals surface area contributed by atoms with Crippen molar-refractivity contribution in [2.24, 2.45) is 5.41 Å². The van der Waals surface area contributed by atoms with E-state index >= 15 is 0 Å². The lowest BCUT2D eigenvalue weighted by atomic mass is 9.80. The third kappa shape index (κ3) is 7.96. The normalized spacial score (nSPS) is 27.3. The summed E-state index contributed by atoms with van der Waals surface area (Å²) in [4.78, 5) is 15.2. The molecule has 0 bridgehead atoms. The fourth-order valence-electron chi connectivity index (χ4n) is 5.42. The molecule has 1 aromatic carbocycles. The minimum absolute atomic E-state index is 0.130. The number of carbonyl (C=O) groups excluding carboxylic acids is 1. The predicted octanol–water partition coefficient (Wildman–Crippen LogP) is 3.28. The molecule has 2 aromatic rings. The van der Waals surface area contributed by atoms with E-state index in [2.05, 4.69) is 10.3 Å². The molecule has 1 aromatic heterocycles. The van der Waals surface area contributed by atoms with Gasteiger partial charge in [-0.05, 0) is 36.8 Å². The Kier molecular flexibility index (Phi) is 10.6. The van der Waals surface area contributed by atoms with Crippen molar-refractivity contribution in [2.45, 2.75) is 99.4 Å². The maximum absolute atomic E-state index is 14.1. The van der Waals surface area contributed by atoms with Gasteiger partial charge < -0.3 is 30.1 Å². The first-order chi connectivity index (χ1) is 20.9. The number of amides is 1. The monoisotopic (exact) mass is 666 g/mol. The first-order valence-electron chi connectivity index (χ1n) is 14.6. The molecule has 16 heteroatoms. The Morgan fingerprint density at radius 1 is 1.13 bits per heavy atom. The van der Waals surface area contributed by atoms with Crippen LogP contribution in [0.1, 0.15) is 58.9 Å². The van der Waals surface area contributed by atoms with Crippen LogP contribution in [-0.2, 0) is 9.53 Å². The van der Waals surface area contributed by atoms with Crippen molar-refractivity contribution in [1.29, 1.82) is 0 Å².